The predicted molar refractivity (Wildman–Crippen MR) is 111 cm³/mol. The molecule has 4 aliphatic rings. The van der Waals surface area contributed by atoms with Crippen molar-refractivity contribution in [3.05, 3.63) is 24.3 Å². The van der Waals surface area contributed by atoms with Gasteiger partial charge >= 0.3 is 17.9 Å². The third-order valence-electron chi connectivity index (χ3n) is 7.59. The van der Waals surface area contributed by atoms with Crippen LogP contribution in [0.4, 0.5) is 0 Å². The smallest absolute Gasteiger partial charge is 0.334 e. The highest BCUT2D eigenvalue weighted by molar-refractivity contribution is 5.91. The summed E-state index contributed by atoms with van der Waals surface area (Å²) < 4.78 is 17.3. The molecule has 0 spiro atoms. The van der Waals surface area contributed by atoms with Crippen LogP contribution in [0.2, 0.25) is 0 Å². The zero-order valence-electron chi connectivity index (χ0n) is 18.1. The van der Waals surface area contributed by atoms with Crippen molar-refractivity contribution in [3.8, 4) is 0 Å². The fourth-order valence-corrected chi connectivity index (χ4v) is 5.78. The Bertz CT molecular complexity index is 794. The minimum Gasteiger partial charge on any atom is -0.481 e. The van der Waals surface area contributed by atoms with E-state index in [9.17, 15) is 19.5 Å². The lowest BCUT2D eigenvalue weighted by Gasteiger charge is -2.28. The summed E-state index contributed by atoms with van der Waals surface area (Å²) in [5.41, 5.74) is -0.389. The number of carbonyl (C=O) groups excluding carboxylic acids is 2. The zero-order valence-corrected chi connectivity index (χ0v) is 18.1. The van der Waals surface area contributed by atoms with Crippen LogP contribution >= 0.6 is 0 Å². The number of allylic oxidation sites excluding steroid dienone is 2. The Hall–Kier alpha value is -2.15. The second-order valence-corrected chi connectivity index (χ2v) is 9.92. The number of esters is 2. The van der Waals surface area contributed by atoms with E-state index in [1.54, 1.807) is 0 Å². The average molecular weight is 433 g/mol. The van der Waals surface area contributed by atoms with Crippen LogP contribution in [0.15, 0.2) is 24.3 Å². The molecule has 0 amide bonds. The minimum atomic E-state index is -0.875. The van der Waals surface area contributed by atoms with E-state index >= 15 is 0 Å². The molecular formula is C24H32O7. The van der Waals surface area contributed by atoms with Crippen molar-refractivity contribution in [3.63, 3.8) is 0 Å². The van der Waals surface area contributed by atoms with Gasteiger partial charge in [0, 0.05) is 17.4 Å². The molecule has 7 nitrogen and oxygen atoms in total. The number of hydrogen-bond acceptors (Lipinski definition) is 6. The van der Waals surface area contributed by atoms with Crippen LogP contribution in [0.1, 0.15) is 64.7 Å². The number of aliphatic carboxylic acids is 1. The van der Waals surface area contributed by atoms with Crippen molar-refractivity contribution in [2.75, 3.05) is 6.61 Å². The first kappa shape index (κ1) is 22.1. The van der Waals surface area contributed by atoms with Crippen LogP contribution in [0.25, 0.3) is 0 Å². The summed E-state index contributed by atoms with van der Waals surface area (Å²) in [6, 6.07) is 0. The van der Waals surface area contributed by atoms with Crippen molar-refractivity contribution in [2.24, 2.45) is 17.3 Å². The lowest BCUT2D eigenvalue weighted by Crippen LogP contribution is -2.35. The first-order valence-corrected chi connectivity index (χ1v) is 11.3. The molecule has 4 rings (SSSR count). The zero-order chi connectivity index (χ0) is 22.2. The van der Waals surface area contributed by atoms with Gasteiger partial charge in [0.2, 0.25) is 0 Å². The summed E-state index contributed by atoms with van der Waals surface area (Å²) >= 11 is 0. The standard InChI is InChI=1S/C24H32O7/c1-15-19-16(14-29-18(27)13-24(12-17(25)26)10-6-7-11-24)8-4-3-5-9-23(2)21(31-23)20(19)30-22(15)28/h3-4,16,19-21H,1,5-14H2,2H3,(H,25,26)/b4-3-/t16?,19-,20+,21+,23-/m1/s1. The summed E-state index contributed by atoms with van der Waals surface area (Å²) in [6.07, 6.45) is 9.48. The van der Waals surface area contributed by atoms with E-state index in [0.29, 0.717) is 12.0 Å². The molecule has 1 saturated carbocycles. The van der Waals surface area contributed by atoms with Crippen LogP contribution in [0.5, 0.6) is 0 Å². The summed E-state index contributed by atoms with van der Waals surface area (Å²) in [5.74, 6) is -2.06. The molecule has 0 bridgehead atoms. The van der Waals surface area contributed by atoms with Crippen molar-refractivity contribution in [1.82, 2.24) is 0 Å². The molecule has 0 radical (unpaired) electrons. The molecular weight excluding hydrogens is 400 g/mol. The van der Waals surface area contributed by atoms with Crippen LogP contribution in [-0.4, -0.2) is 47.4 Å². The van der Waals surface area contributed by atoms with Gasteiger partial charge in [0.15, 0.2) is 0 Å². The number of rotatable bonds is 6. The molecule has 2 saturated heterocycles. The van der Waals surface area contributed by atoms with Gasteiger partial charge < -0.3 is 19.3 Å². The van der Waals surface area contributed by atoms with Crippen molar-refractivity contribution in [1.29, 1.82) is 0 Å². The van der Waals surface area contributed by atoms with Gasteiger partial charge in [-0.15, -0.1) is 0 Å². The minimum absolute atomic E-state index is 0.00425. The Balaban J connectivity index is 1.45. The highest BCUT2D eigenvalue weighted by Crippen LogP contribution is 2.51. The van der Waals surface area contributed by atoms with Gasteiger partial charge in [0.1, 0.15) is 12.2 Å². The molecule has 0 aromatic carbocycles. The van der Waals surface area contributed by atoms with Gasteiger partial charge in [-0.25, -0.2) is 4.79 Å². The highest BCUT2D eigenvalue weighted by atomic mass is 16.6. The second kappa shape index (κ2) is 8.41. The fourth-order valence-electron chi connectivity index (χ4n) is 5.78. The van der Waals surface area contributed by atoms with Crippen LogP contribution in [0.3, 0.4) is 0 Å². The SMILES string of the molecule is C=C1C(=O)O[C@H]2[C@H]1C(COC(=O)CC1(CC(=O)O)CCCC1)C/C=C\CC[C@@]1(C)O[C@@H]21. The Kier molecular flexibility index (Phi) is 5.99. The summed E-state index contributed by atoms with van der Waals surface area (Å²) in [6.45, 7) is 6.15. The second-order valence-electron chi connectivity index (χ2n) is 9.92. The van der Waals surface area contributed by atoms with Crippen LogP contribution < -0.4 is 0 Å². The van der Waals surface area contributed by atoms with E-state index in [-0.39, 0.29) is 49.0 Å². The van der Waals surface area contributed by atoms with E-state index < -0.39 is 23.5 Å². The van der Waals surface area contributed by atoms with Gasteiger partial charge in [-0.2, -0.15) is 0 Å². The Morgan fingerprint density at radius 1 is 1.23 bits per heavy atom. The van der Waals surface area contributed by atoms with E-state index in [2.05, 4.69) is 18.7 Å². The van der Waals surface area contributed by atoms with Crippen LogP contribution in [0, 0.1) is 17.3 Å². The average Bonchev–Trinajstić information content (AvgIpc) is 2.99. The third kappa shape index (κ3) is 4.56. The molecule has 7 heteroatoms. The number of epoxide rings is 1. The number of carboxylic acids is 1. The summed E-state index contributed by atoms with van der Waals surface area (Å²) in [4.78, 5) is 36.3. The molecule has 170 valence electrons. The maximum Gasteiger partial charge on any atom is 0.334 e. The fraction of sp³-hybridized carbons (Fsp3) is 0.708. The van der Waals surface area contributed by atoms with E-state index in [1.165, 1.54) is 0 Å². The summed E-state index contributed by atoms with van der Waals surface area (Å²) in [5, 5.41) is 9.27. The normalized spacial score (nSPS) is 37.3. The van der Waals surface area contributed by atoms with Crippen molar-refractivity contribution < 1.29 is 33.7 Å². The maximum absolute atomic E-state index is 12.7. The topological polar surface area (TPSA) is 102 Å². The largest absolute Gasteiger partial charge is 0.481 e. The molecule has 31 heavy (non-hydrogen) atoms. The maximum atomic E-state index is 12.7. The van der Waals surface area contributed by atoms with Gasteiger partial charge in [-0.1, -0.05) is 31.6 Å². The monoisotopic (exact) mass is 432 g/mol. The molecule has 1 N–H and O–H groups in total. The highest BCUT2D eigenvalue weighted by Gasteiger charge is 2.62. The van der Waals surface area contributed by atoms with Crippen molar-refractivity contribution >= 4 is 17.9 Å². The first-order valence-electron chi connectivity index (χ1n) is 11.3. The van der Waals surface area contributed by atoms with Gasteiger partial charge in [0.25, 0.3) is 0 Å². The molecule has 5 atom stereocenters. The third-order valence-corrected chi connectivity index (χ3v) is 7.59. The van der Waals surface area contributed by atoms with E-state index in [1.807, 2.05) is 6.92 Å². The van der Waals surface area contributed by atoms with Gasteiger partial charge in [-0.05, 0) is 44.4 Å². The molecule has 2 aliphatic heterocycles. The number of carboxylic acid groups (broad SMARTS) is 1. The lowest BCUT2D eigenvalue weighted by molar-refractivity contribution is -0.150. The van der Waals surface area contributed by atoms with E-state index in [0.717, 1.165) is 38.5 Å². The van der Waals surface area contributed by atoms with Crippen molar-refractivity contribution in [2.45, 2.75) is 82.5 Å². The predicted octanol–water partition coefficient (Wildman–Crippen LogP) is 3.57. The Morgan fingerprint density at radius 2 is 1.97 bits per heavy atom. The molecule has 1 unspecified atom stereocenters. The number of ether oxygens (including phenoxy) is 3. The lowest BCUT2D eigenvalue weighted by atomic mass is 9.78. The Morgan fingerprint density at radius 3 is 2.68 bits per heavy atom. The van der Waals surface area contributed by atoms with E-state index in [4.69, 9.17) is 14.2 Å². The molecule has 0 aromatic heterocycles. The Labute approximate surface area is 182 Å². The molecule has 0 aromatic rings. The first-order chi connectivity index (χ1) is 14.7. The quantitative estimate of drug-likeness (QED) is 0.296. The summed E-state index contributed by atoms with van der Waals surface area (Å²) in [7, 11) is 0. The van der Waals surface area contributed by atoms with Gasteiger partial charge in [0.05, 0.1) is 25.0 Å². The molecule has 2 heterocycles. The number of fused-ring (bicyclic) bond motifs is 3. The molecule has 2 aliphatic carbocycles. The van der Waals surface area contributed by atoms with Gasteiger partial charge in [-0.3, -0.25) is 9.59 Å². The number of hydrogen-bond donors (Lipinski definition) is 1. The molecule has 3 fully saturated rings. The number of carbonyl (C=O) groups is 3. The van der Waals surface area contributed by atoms with Crippen LogP contribution in [-0.2, 0) is 28.6 Å².